The average Bonchev–Trinajstić information content (AvgIpc) is 3.57. The van der Waals surface area contributed by atoms with Gasteiger partial charge in [0.15, 0.2) is 0 Å². The Kier molecular flexibility index (Phi) is 10.9. The van der Waals surface area contributed by atoms with Gasteiger partial charge in [0.2, 0.25) is 11.8 Å². The van der Waals surface area contributed by atoms with E-state index in [9.17, 15) is 14.4 Å². The van der Waals surface area contributed by atoms with E-state index in [-0.39, 0.29) is 17.9 Å². The Morgan fingerprint density at radius 2 is 1.77 bits per heavy atom. The minimum atomic E-state index is -0.769. The number of nitrogens with one attached hydrogen (secondary N) is 2. The van der Waals surface area contributed by atoms with Gasteiger partial charge in [-0.05, 0) is 77.9 Å². The van der Waals surface area contributed by atoms with Gasteiger partial charge < -0.3 is 20.3 Å². The summed E-state index contributed by atoms with van der Waals surface area (Å²) in [6.07, 6.45) is 5.33. The Labute approximate surface area is 215 Å². The predicted molar refractivity (Wildman–Crippen MR) is 143 cm³/mol. The predicted octanol–water partition coefficient (Wildman–Crippen LogP) is 4.90. The van der Waals surface area contributed by atoms with Crippen LogP contribution in [0.25, 0.3) is 0 Å². The zero-order valence-electron chi connectivity index (χ0n) is 22.4. The van der Waals surface area contributed by atoms with E-state index in [1.165, 1.54) is 0 Å². The molecule has 0 aromatic heterocycles. The van der Waals surface area contributed by atoms with E-state index in [1.54, 1.807) is 37.4 Å². The normalized spacial score (nSPS) is 15.2. The van der Waals surface area contributed by atoms with Gasteiger partial charge in [-0.3, -0.25) is 9.59 Å². The number of unbranched alkanes of at least 4 members (excludes halogenated alkanes) is 1. The number of nitrogens with zero attached hydrogens (tertiary/aromatic N) is 1. The Morgan fingerprint density at radius 3 is 2.29 bits per heavy atom. The van der Waals surface area contributed by atoms with Crippen LogP contribution in [-0.2, 0) is 14.3 Å². The molecule has 35 heavy (non-hydrogen) atoms. The molecule has 1 aromatic carbocycles. The number of rotatable bonds is 12. The topological polar surface area (TPSA) is 87.7 Å². The summed E-state index contributed by atoms with van der Waals surface area (Å²) in [5, 5.41) is 5.84. The van der Waals surface area contributed by atoms with Crippen molar-refractivity contribution in [2.45, 2.75) is 97.4 Å². The quantitative estimate of drug-likeness (QED) is 0.395. The Bertz CT molecular complexity index is 859. The second-order valence-corrected chi connectivity index (χ2v) is 11.4. The molecule has 1 aliphatic rings. The molecule has 8 heteroatoms. The third kappa shape index (κ3) is 9.39. The maximum absolute atomic E-state index is 14.0. The molecule has 0 aliphatic heterocycles. The van der Waals surface area contributed by atoms with Crippen LogP contribution in [0, 0.1) is 13.8 Å². The average molecular weight is 506 g/mol. The van der Waals surface area contributed by atoms with Gasteiger partial charge in [-0.15, -0.1) is 0 Å². The van der Waals surface area contributed by atoms with Crippen LogP contribution in [0.5, 0.6) is 0 Å². The number of hydrogen-bond donors (Lipinski definition) is 2. The lowest BCUT2D eigenvalue weighted by molar-refractivity contribution is -0.143. The fourth-order valence-electron chi connectivity index (χ4n) is 4.08. The van der Waals surface area contributed by atoms with Gasteiger partial charge in [-0.2, -0.15) is 11.8 Å². The molecule has 7 nitrogen and oxygen atoms in total. The Hall–Kier alpha value is -2.22. The second-order valence-electron chi connectivity index (χ2n) is 10.4. The summed E-state index contributed by atoms with van der Waals surface area (Å²) in [5.74, 6) is 0.286. The van der Waals surface area contributed by atoms with Crippen LogP contribution in [0.4, 0.5) is 4.79 Å². The van der Waals surface area contributed by atoms with Crippen molar-refractivity contribution in [3.05, 3.63) is 34.9 Å². The van der Waals surface area contributed by atoms with Crippen molar-refractivity contribution >= 4 is 29.7 Å². The molecule has 3 amide bonds. The molecule has 0 spiro atoms. The first-order chi connectivity index (χ1) is 16.5. The van der Waals surface area contributed by atoms with Gasteiger partial charge in [0.1, 0.15) is 17.7 Å². The van der Waals surface area contributed by atoms with Gasteiger partial charge in [-0.25, -0.2) is 4.79 Å². The van der Waals surface area contributed by atoms with Gasteiger partial charge in [0.25, 0.3) is 0 Å². The van der Waals surface area contributed by atoms with Crippen LogP contribution in [0.1, 0.15) is 82.5 Å². The standard InChI is InChI=1S/C27H43N3O4S/c1-8-9-13-28-24(31)23(20-16-18(2)15-19(3)17-20)30(21-10-11-21)25(32)22(12-14-35-7)29-26(33)34-27(4,5)6/h15-17,21-23H,8-14H2,1-7H3,(H,28,31)(H,29,33). The maximum atomic E-state index is 14.0. The number of aryl methyl sites for hydroxylation is 2. The zero-order valence-corrected chi connectivity index (χ0v) is 23.2. The fraction of sp³-hybridized carbons (Fsp3) is 0.667. The van der Waals surface area contributed by atoms with Crippen molar-refractivity contribution in [1.29, 1.82) is 0 Å². The maximum Gasteiger partial charge on any atom is 0.408 e. The highest BCUT2D eigenvalue weighted by molar-refractivity contribution is 7.98. The van der Waals surface area contributed by atoms with Crippen LogP contribution >= 0.6 is 11.8 Å². The number of ether oxygens (including phenoxy) is 1. The van der Waals surface area contributed by atoms with Gasteiger partial charge >= 0.3 is 6.09 Å². The van der Waals surface area contributed by atoms with E-state index in [2.05, 4.69) is 23.6 Å². The molecule has 2 unspecified atom stereocenters. The van der Waals surface area contributed by atoms with Gasteiger partial charge in [0, 0.05) is 12.6 Å². The number of thioether (sulfide) groups is 1. The number of hydrogen-bond acceptors (Lipinski definition) is 5. The summed E-state index contributed by atoms with van der Waals surface area (Å²) in [6.45, 7) is 12.0. The first kappa shape index (κ1) is 29.0. The Morgan fingerprint density at radius 1 is 1.14 bits per heavy atom. The Balaban J connectivity index is 2.42. The second kappa shape index (κ2) is 13.2. The summed E-state index contributed by atoms with van der Waals surface area (Å²) < 4.78 is 5.44. The molecule has 196 valence electrons. The van der Waals surface area contributed by atoms with Crippen LogP contribution in [0.15, 0.2) is 18.2 Å². The molecule has 0 radical (unpaired) electrons. The summed E-state index contributed by atoms with van der Waals surface area (Å²) in [4.78, 5) is 41.9. The van der Waals surface area contributed by atoms with E-state index in [4.69, 9.17) is 4.74 Å². The van der Waals surface area contributed by atoms with Crippen molar-refractivity contribution in [1.82, 2.24) is 15.5 Å². The third-order valence-electron chi connectivity index (χ3n) is 5.71. The summed E-state index contributed by atoms with van der Waals surface area (Å²) in [7, 11) is 0. The fourth-order valence-corrected chi connectivity index (χ4v) is 4.56. The first-order valence-electron chi connectivity index (χ1n) is 12.6. The molecule has 1 aromatic rings. The smallest absolute Gasteiger partial charge is 0.408 e. The lowest BCUT2D eigenvalue weighted by atomic mass is 9.98. The summed E-state index contributed by atoms with van der Waals surface area (Å²) >= 11 is 1.61. The van der Waals surface area contributed by atoms with Crippen LogP contribution in [0.2, 0.25) is 0 Å². The lowest BCUT2D eigenvalue weighted by Crippen LogP contribution is -2.54. The third-order valence-corrected chi connectivity index (χ3v) is 6.35. The molecule has 2 atom stereocenters. The van der Waals surface area contributed by atoms with Crippen molar-refractivity contribution < 1.29 is 19.1 Å². The molecular formula is C27H43N3O4S. The van der Waals surface area contributed by atoms with Crippen molar-refractivity contribution in [3.8, 4) is 0 Å². The molecule has 2 rings (SSSR count). The first-order valence-corrected chi connectivity index (χ1v) is 14.0. The highest BCUT2D eigenvalue weighted by Gasteiger charge is 2.44. The largest absolute Gasteiger partial charge is 0.444 e. The minimum Gasteiger partial charge on any atom is -0.444 e. The highest BCUT2D eigenvalue weighted by atomic mass is 32.2. The minimum absolute atomic E-state index is 0.0255. The zero-order chi connectivity index (χ0) is 26.2. The van der Waals surface area contributed by atoms with E-state index in [0.29, 0.717) is 18.7 Å². The number of carbonyl (C=O) groups is 3. The summed E-state index contributed by atoms with van der Waals surface area (Å²) in [5.41, 5.74) is 2.21. The van der Waals surface area contributed by atoms with E-state index >= 15 is 0 Å². The summed E-state index contributed by atoms with van der Waals surface area (Å²) in [6, 6.07) is 4.49. The van der Waals surface area contributed by atoms with Crippen LogP contribution in [0.3, 0.4) is 0 Å². The van der Waals surface area contributed by atoms with Crippen LogP contribution < -0.4 is 10.6 Å². The van der Waals surface area contributed by atoms with Crippen molar-refractivity contribution in [2.75, 3.05) is 18.6 Å². The molecule has 1 aliphatic carbocycles. The molecular weight excluding hydrogens is 462 g/mol. The van der Waals surface area contributed by atoms with Crippen LogP contribution in [-0.4, -0.2) is 59.0 Å². The van der Waals surface area contributed by atoms with Crippen molar-refractivity contribution in [3.63, 3.8) is 0 Å². The number of carbonyl (C=O) groups excluding carboxylic acids is 3. The van der Waals surface area contributed by atoms with Gasteiger partial charge in [-0.1, -0.05) is 42.7 Å². The number of benzene rings is 1. The molecule has 2 N–H and O–H groups in total. The molecule has 0 bridgehead atoms. The lowest BCUT2D eigenvalue weighted by Gasteiger charge is -2.35. The number of alkyl carbamates (subject to hydrolysis) is 1. The van der Waals surface area contributed by atoms with E-state index < -0.39 is 23.8 Å². The highest BCUT2D eigenvalue weighted by Crippen LogP contribution is 2.36. The molecule has 1 fully saturated rings. The monoisotopic (exact) mass is 505 g/mol. The SMILES string of the molecule is CCCCNC(=O)C(c1cc(C)cc(C)c1)N(C(=O)C(CCSC)NC(=O)OC(C)(C)C)C1CC1. The molecule has 1 saturated carbocycles. The van der Waals surface area contributed by atoms with E-state index in [1.807, 2.05) is 32.2 Å². The molecule has 0 heterocycles. The van der Waals surface area contributed by atoms with E-state index in [0.717, 1.165) is 42.4 Å². The molecule has 0 saturated heterocycles. The number of amides is 3. The van der Waals surface area contributed by atoms with Crippen molar-refractivity contribution in [2.24, 2.45) is 0 Å². The van der Waals surface area contributed by atoms with Gasteiger partial charge in [0.05, 0.1) is 0 Å².